The van der Waals surface area contributed by atoms with E-state index in [1.54, 1.807) is 16.7 Å². The van der Waals surface area contributed by atoms with Crippen molar-refractivity contribution >= 4 is 17.7 Å². The number of aliphatic hydroxyl groups excluding tert-OH is 1. The lowest BCUT2D eigenvalue weighted by Gasteiger charge is -2.30. The second kappa shape index (κ2) is 6.19. The molecule has 0 saturated carbocycles. The highest BCUT2D eigenvalue weighted by molar-refractivity contribution is 8.00. The van der Waals surface area contributed by atoms with Gasteiger partial charge in [-0.1, -0.05) is 6.07 Å². The Hall–Kier alpha value is -1.00. The normalized spacial score (nSPS) is 21.9. The van der Waals surface area contributed by atoms with Crippen molar-refractivity contribution in [2.24, 2.45) is 0 Å². The third kappa shape index (κ3) is 3.18. The minimum Gasteiger partial charge on any atom is -0.391 e. The summed E-state index contributed by atoms with van der Waals surface area (Å²) in [5, 5.41) is 9.62. The molecule has 1 aliphatic heterocycles. The molecular weight excluding hydrogens is 270 g/mol. The van der Waals surface area contributed by atoms with Crippen LogP contribution in [-0.4, -0.2) is 40.9 Å². The number of fused-ring (bicyclic) bond motifs is 1. The van der Waals surface area contributed by atoms with Gasteiger partial charge >= 0.3 is 0 Å². The SMILES string of the molecule is O=C(CSc1ccc2c(c1)CCC2)N1CCC[C@H](O)C1. The van der Waals surface area contributed by atoms with Gasteiger partial charge in [0.15, 0.2) is 0 Å². The number of carbonyl (C=O) groups is 1. The van der Waals surface area contributed by atoms with Gasteiger partial charge in [0.05, 0.1) is 11.9 Å². The van der Waals surface area contributed by atoms with E-state index < -0.39 is 0 Å². The van der Waals surface area contributed by atoms with Crippen LogP contribution in [0, 0.1) is 0 Å². The molecule has 1 N–H and O–H groups in total. The largest absolute Gasteiger partial charge is 0.391 e. The molecule has 2 aliphatic rings. The molecule has 0 bridgehead atoms. The fourth-order valence-electron chi connectivity index (χ4n) is 3.06. The van der Waals surface area contributed by atoms with Gasteiger partial charge in [-0.3, -0.25) is 4.79 Å². The smallest absolute Gasteiger partial charge is 0.233 e. The van der Waals surface area contributed by atoms with Crippen LogP contribution >= 0.6 is 11.8 Å². The Morgan fingerprint density at radius 2 is 2.15 bits per heavy atom. The van der Waals surface area contributed by atoms with Crippen LogP contribution < -0.4 is 0 Å². The van der Waals surface area contributed by atoms with Gasteiger partial charge in [-0.05, 0) is 55.4 Å². The number of amides is 1. The summed E-state index contributed by atoms with van der Waals surface area (Å²) in [6.07, 6.45) is 5.03. The Bertz CT molecular complexity index is 503. The Labute approximate surface area is 124 Å². The maximum Gasteiger partial charge on any atom is 0.233 e. The van der Waals surface area contributed by atoms with Crippen molar-refractivity contribution in [1.82, 2.24) is 4.90 Å². The van der Waals surface area contributed by atoms with Gasteiger partial charge in [0.25, 0.3) is 0 Å². The highest BCUT2D eigenvalue weighted by atomic mass is 32.2. The Morgan fingerprint density at radius 1 is 1.30 bits per heavy atom. The number of likely N-dealkylation sites (tertiary alicyclic amines) is 1. The molecule has 20 heavy (non-hydrogen) atoms. The van der Waals surface area contributed by atoms with E-state index in [-0.39, 0.29) is 12.0 Å². The van der Waals surface area contributed by atoms with Crippen molar-refractivity contribution < 1.29 is 9.90 Å². The molecule has 3 nitrogen and oxygen atoms in total. The lowest BCUT2D eigenvalue weighted by molar-refractivity contribution is -0.131. The molecule has 0 spiro atoms. The van der Waals surface area contributed by atoms with Gasteiger partial charge < -0.3 is 10.0 Å². The average molecular weight is 291 g/mol. The number of rotatable bonds is 3. The van der Waals surface area contributed by atoms with E-state index in [4.69, 9.17) is 0 Å². The quantitative estimate of drug-likeness (QED) is 0.868. The summed E-state index contributed by atoms with van der Waals surface area (Å²) in [4.78, 5) is 15.1. The lowest BCUT2D eigenvalue weighted by Crippen LogP contribution is -2.42. The summed E-state index contributed by atoms with van der Waals surface area (Å²) >= 11 is 1.62. The number of aryl methyl sites for hydroxylation is 2. The van der Waals surface area contributed by atoms with Crippen molar-refractivity contribution in [1.29, 1.82) is 0 Å². The standard InChI is InChI=1S/C16H21NO2S/c18-14-5-2-8-17(10-14)16(19)11-20-15-7-6-12-3-1-4-13(12)9-15/h6-7,9,14,18H,1-5,8,10-11H2/t14-/m0/s1. The molecule has 1 saturated heterocycles. The van der Waals surface area contributed by atoms with Crippen LogP contribution in [0.4, 0.5) is 0 Å². The Kier molecular flexibility index (Phi) is 4.32. The van der Waals surface area contributed by atoms with Crippen LogP contribution in [0.25, 0.3) is 0 Å². The van der Waals surface area contributed by atoms with Crippen molar-refractivity contribution in [3.8, 4) is 0 Å². The molecule has 0 unspecified atom stereocenters. The summed E-state index contributed by atoms with van der Waals surface area (Å²) in [7, 11) is 0. The molecule has 1 heterocycles. The van der Waals surface area contributed by atoms with Crippen molar-refractivity contribution in [3.63, 3.8) is 0 Å². The van der Waals surface area contributed by atoms with Crippen LogP contribution in [0.3, 0.4) is 0 Å². The molecule has 1 atom stereocenters. The van der Waals surface area contributed by atoms with Crippen molar-refractivity contribution in [2.45, 2.75) is 43.1 Å². The maximum atomic E-state index is 12.1. The molecule has 3 rings (SSSR count). The van der Waals surface area contributed by atoms with E-state index in [0.29, 0.717) is 12.3 Å². The summed E-state index contributed by atoms with van der Waals surface area (Å²) < 4.78 is 0. The fraction of sp³-hybridized carbons (Fsp3) is 0.562. The number of thioether (sulfide) groups is 1. The van der Waals surface area contributed by atoms with Gasteiger partial charge in [-0.2, -0.15) is 0 Å². The second-order valence-corrected chi connectivity index (χ2v) is 6.76. The average Bonchev–Trinajstić information content (AvgIpc) is 2.92. The highest BCUT2D eigenvalue weighted by Gasteiger charge is 2.22. The first-order valence-electron chi connectivity index (χ1n) is 7.43. The van der Waals surface area contributed by atoms with E-state index in [1.165, 1.54) is 35.3 Å². The highest BCUT2D eigenvalue weighted by Crippen LogP contribution is 2.27. The number of benzene rings is 1. The van der Waals surface area contributed by atoms with Crippen LogP contribution in [0.5, 0.6) is 0 Å². The first-order valence-corrected chi connectivity index (χ1v) is 8.41. The van der Waals surface area contributed by atoms with Gasteiger partial charge in [-0.15, -0.1) is 11.8 Å². The minimum absolute atomic E-state index is 0.147. The Balaban J connectivity index is 1.55. The van der Waals surface area contributed by atoms with E-state index in [9.17, 15) is 9.90 Å². The summed E-state index contributed by atoms with van der Waals surface area (Å²) in [6.45, 7) is 1.30. The molecule has 108 valence electrons. The number of β-amino-alcohol motifs (C(OH)–C–C–N with tert-alkyl or cyclic N) is 1. The molecule has 0 aromatic heterocycles. The molecule has 1 aromatic rings. The number of nitrogens with zero attached hydrogens (tertiary/aromatic N) is 1. The summed E-state index contributed by atoms with van der Waals surface area (Å²) in [5.74, 6) is 0.625. The molecule has 1 aliphatic carbocycles. The minimum atomic E-state index is -0.335. The monoisotopic (exact) mass is 291 g/mol. The van der Waals surface area contributed by atoms with Crippen LogP contribution in [0.2, 0.25) is 0 Å². The molecular formula is C16H21NO2S. The van der Waals surface area contributed by atoms with Crippen LogP contribution in [0.1, 0.15) is 30.4 Å². The zero-order valence-electron chi connectivity index (χ0n) is 11.7. The topological polar surface area (TPSA) is 40.5 Å². The Morgan fingerprint density at radius 3 is 3.00 bits per heavy atom. The van der Waals surface area contributed by atoms with E-state index in [0.717, 1.165) is 19.4 Å². The number of aliphatic hydroxyl groups is 1. The van der Waals surface area contributed by atoms with Gasteiger partial charge in [0.1, 0.15) is 0 Å². The first-order chi connectivity index (χ1) is 9.72. The van der Waals surface area contributed by atoms with Crippen molar-refractivity contribution in [3.05, 3.63) is 29.3 Å². The van der Waals surface area contributed by atoms with E-state index >= 15 is 0 Å². The predicted molar refractivity (Wildman–Crippen MR) is 81.0 cm³/mol. The molecule has 1 amide bonds. The summed E-state index contributed by atoms with van der Waals surface area (Å²) in [5.41, 5.74) is 2.93. The third-order valence-electron chi connectivity index (χ3n) is 4.18. The van der Waals surface area contributed by atoms with Crippen LogP contribution in [0.15, 0.2) is 23.1 Å². The summed E-state index contributed by atoms with van der Waals surface area (Å²) in [6, 6.07) is 6.58. The molecule has 1 fully saturated rings. The van der Waals surface area contributed by atoms with Gasteiger partial charge in [-0.25, -0.2) is 0 Å². The molecule has 0 radical (unpaired) electrons. The number of piperidine rings is 1. The molecule has 1 aromatic carbocycles. The third-order valence-corrected chi connectivity index (χ3v) is 5.16. The maximum absolute atomic E-state index is 12.1. The predicted octanol–water partition coefficient (Wildman–Crippen LogP) is 2.25. The lowest BCUT2D eigenvalue weighted by atomic mass is 10.1. The van der Waals surface area contributed by atoms with Gasteiger partial charge in [0.2, 0.25) is 5.91 Å². The first kappa shape index (κ1) is 14.0. The zero-order valence-corrected chi connectivity index (χ0v) is 12.5. The molecule has 4 heteroatoms. The number of hydrogen-bond donors (Lipinski definition) is 1. The van der Waals surface area contributed by atoms with E-state index in [1.807, 2.05) is 0 Å². The fourth-order valence-corrected chi connectivity index (χ4v) is 3.92. The van der Waals surface area contributed by atoms with Crippen molar-refractivity contribution in [2.75, 3.05) is 18.8 Å². The second-order valence-electron chi connectivity index (χ2n) is 5.71. The van der Waals surface area contributed by atoms with Gasteiger partial charge in [0, 0.05) is 18.0 Å². The van der Waals surface area contributed by atoms with E-state index in [2.05, 4.69) is 18.2 Å². The van der Waals surface area contributed by atoms with Crippen LogP contribution in [-0.2, 0) is 17.6 Å². The zero-order chi connectivity index (χ0) is 13.9. The number of hydrogen-bond acceptors (Lipinski definition) is 3. The number of carbonyl (C=O) groups excluding carboxylic acids is 1.